The van der Waals surface area contributed by atoms with Gasteiger partial charge in [-0.05, 0) is 48.1 Å². The third-order valence-corrected chi connectivity index (χ3v) is 5.05. The zero-order chi connectivity index (χ0) is 15.5. The van der Waals surface area contributed by atoms with E-state index in [1.807, 2.05) is 0 Å². The van der Waals surface area contributed by atoms with Gasteiger partial charge < -0.3 is 5.32 Å². The molecule has 1 aliphatic carbocycles. The largest absolute Gasteiger partial charge is 0.382 e. The van der Waals surface area contributed by atoms with Gasteiger partial charge in [0.15, 0.2) is 0 Å². The molecule has 0 spiro atoms. The maximum absolute atomic E-state index is 3.86. The second kappa shape index (κ2) is 6.85. The second-order valence-corrected chi connectivity index (χ2v) is 8.15. The number of hydrogen-bond donors (Lipinski definition) is 1. The molecule has 1 saturated carbocycles. The van der Waals surface area contributed by atoms with E-state index in [4.69, 9.17) is 0 Å². The van der Waals surface area contributed by atoms with Gasteiger partial charge in [0.1, 0.15) is 0 Å². The lowest BCUT2D eigenvalue weighted by Gasteiger charge is -2.26. The molecule has 1 heteroatoms. The van der Waals surface area contributed by atoms with E-state index in [1.54, 1.807) is 0 Å². The fourth-order valence-corrected chi connectivity index (χ4v) is 3.62. The van der Waals surface area contributed by atoms with E-state index in [0.29, 0.717) is 6.04 Å². The lowest BCUT2D eigenvalue weighted by atomic mass is 9.85. The van der Waals surface area contributed by atoms with Crippen LogP contribution in [0.5, 0.6) is 0 Å². The van der Waals surface area contributed by atoms with Gasteiger partial charge in [-0.25, -0.2) is 0 Å². The van der Waals surface area contributed by atoms with Crippen LogP contribution in [0.25, 0.3) is 0 Å². The molecule has 0 bridgehead atoms. The average Bonchev–Trinajstić information content (AvgIpc) is 2.64. The number of para-hydroxylation sites is 1. The summed E-state index contributed by atoms with van der Waals surface area (Å²) in [5, 5.41) is 3.86. The van der Waals surface area contributed by atoms with Crippen LogP contribution in [0.15, 0.2) is 24.3 Å². The molecule has 0 amide bonds. The summed E-state index contributed by atoms with van der Waals surface area (Å²) in [7, 11) is 0. The van der Waals surface area contributed by atoms with E-state index in [2.05, 4.69) is 64.2 Å². The topological polar surface area (TPSA) is 12.0 Å². The monoisotopic (exact) mass is 287 g/mol. The molecule has 21 heavy (non-hydrogen) atoms. The van der Waals surface area contributed by atoms with Gasteiger partial charge in [-0.15, -0.1) is 0 Å². The van der Waals surface area contributed by atoms with Crippen molar-refractivity contribution in [2.24, 2.45) is 11.8 Å². The molecule has 2 atom stereocenters. The molecule has 0 aromatic heterocycles. The standard InChI is InChI=1S/C20H33N/c1-15(2)16-9-8-10-17(14-13-16)21-19-12-7-6-11-18(19)20(3,4)5/h6-7,11-12,15-17,21H,8-10,13-14H2,1-5H3. The fraction of sp³-hybridized carbons (Fsp3) is 0.700. The van der Waals surface area contributed by atoms with Crippen molar-refractivity contribution >= 4 is 5.69 Å². The van der Waals surface area contributed by atoms with Crippen molar-refractivity contribution in [2.75, 3.05) is 5.32 Å². The first-order chi connectivity index (χ1) is 9.88. The van der Waals surface area contributed by atoms with Gasteiger partial charge in [0.2, 0.25) is 0 Å². The van der Waals surface area contributed by atoms with E-state index >= 15 is 0 Å². The Balaban J connectivity index is 2.05. The molecule has 118 valence electrons. The molecule has 0 aliphatic heterocycles. The number of benzene rings is 1. The summed E-state index contributed by atoms with van der Waals surface area (Å²) in [5.41, 5.74) is 2.99. The Morgan fingerprint density at radius 2 is 1.71 bits per heavy atom. The third-order valence-electron chi connectivity index (χ3n) is 5.05. The summed E-state index contributed by atoms with van der Waals surface area (Å²) in [6, 6.07) is 9.50. The predicted molar refractivity (Wildman–Crippen MR) is 94.0 cm³/mol. The highest BCUT2D eigenvalue weighted by atomic mass is 14.9. The van der Waals surface area contributed by atoms with Crippen LogP contribution in [0.2, 0.25) is 0 Å². The summed E-state index contributed by atoms with van der Waals surface area (Å²) in [6.07, 6.45) is 6.81. The van der Waals surface area contributed by atoms with Gasteiger partial charge in [0, 0.05) is 11.7 Å². The molecule has 0 heterocycles. The lowest BCUT2D eigenvalue weighted by molar-refractivity contribution is 0.341. The van der Waals surface area contributed by atoms with Gasteiger partial charge in [-0.3, -0.25) is 0 Å². The number of anilines is 1. The zero-order valence-electron chi connectivity index (χ0n) is 14.6. The Hall–Kier alpha value is -0.980. The van der Waals surface area contributed by atoms with Crippen LogP contribution in [0.4, 0.5) is 5.69 Å². The smallest absolute Gasteiger partial charge is 0.0380 e. The van der Waals surface area contributed by atoms with Crippen molar-refractivity contribution in [3.8, 4) is 0 Å². The highest BCUT2D eigenvalue weighted by Gasteiger charge is 2.23. The van der Waals surface area contributed by atoms with Crippen LogP contribution < -0.4 is 5.32 Å². The molecular formula is C20H33N. The van der Waals surface area contributed by atoms with Gasteiger partial charge in [0.05, 0.1) is 0 Å². The lowest BCUT2D eigenvalue weighted by Crippen LogP contribution is -2.22. The number of nitrogens with one attached hydrogen (secondary N) is 1. The van der Waals surface area contributed by atoms with E-state index in [0.717, 1.165) is 11.8 Å². The van der Waals surface area contributed by atoms with Crippen LogP contribution in [0, 0.1) is 11.8 Å². The molecule has 1 aromatic rings. The van der Waals surface area contributed by atoms with E-state index in [1.165, 1.54) is 43.4 Å². The van der Waals surface area contributed by atoms with Crippen LogP contribution in [0.1, 0.15) is 72.3 Å². The number of rotatable bonds is 3. The van der Waals surface area contributed by atoms with Crippen molar-refractivity contribution in [2.45, 2.75) is 78.2 Å². The molecule has 1 nitrogen and oxygen atoms in total. The summed E-state index contributed by atoms with van der Waals surface area (Å²) >= 11 is 0. The van der Waals surface area contributed by atoms with Crippen molar-refractivity contribution in [3.05, 3.63) is 29.8 Å². The molecule has 1 fully saturated rings. The average molecular weight is 287 g/mol. The van der Waals surface area contributed by atoms with E-state index in [-0.39, 0.29) is 5.41 Å². The molecule has 1 aliphatic rings. The highest BCUT2D eigenvalue weighted by molar-refractivity contribution is 5.54. The zero-order valence-corrected chi connectivity index (χ0v) is 14.6. The molecule has 2 unspecified atom stereocenters. The first-order valence-corrected chi connectivity index (χ1v) is 8.74. The minimum absolute atomic E-state index is 0.203. The first kappa shape index (κ1) is 16.4. The van der Waals surface area contributed by atoms with Gasteiger partial charge in [-0.2, -0.15) is 0 Å². The van der Waals surface area contributed by atoms with Gasteiger partial charge in [0.25, 0.3) is 0 Å². The normalized spacial score (nSPS) is 23.9. The van der Waals surface area contributed by atoms with Crippen molar-refractivity contribution < 1.29 is 0 Å². The van der Waals surface area contributed by atoms with Crippen LogP contribution in [-0.2, 0) is 5.41 Å². The van der Waals surface area contributed by atoms with Crippen LogP contribution in [-0.4, -0.2) is 6.04 Å². The molecule has 1 aromatic carbocycles. The minimum Gasteiger partial charge on any atom is -0.382 e. The summed E-state index contributed by atoms with van der Waals surface area (Å²) in [4.78, 5) is 0. The Morgan fingerprint density at radius 3 is 2.38 bits per heavy atom. The maximum Gasteiger partial charge on any atom is 0.0380 e. The number of hydrogen-bond acceptors (Lipinski definition) is 1. The van der Waals surface area contributed by atoms with Crippen molar-refractivity contribution in [1.82, 2.24) is 0 Å². The Morgan fingerprint density at radius 1 is 1.00 bits per heavy atom. The Kier molecular flexibility index (Phi) is 5.35. The van der Waals surface area contributed by atoms with Gasteiger partial charge >= 0.3 is 0 Å². The predicted octanol–water partition coefficient (Wildman–Crippen LogP) is 6.00. The maximum atomic E-state index is 3.86. The highest BCUT2D eigenvalue weighted by Crippen LogP contribution is 2.33. The second-order valence-electron chi connectivity index (χ2n) is 8.15. The van der Waals surface area contributed by atoms with E-state index in [9.17, 15) is 0 Å². The van der Waals surface area contributed by atoms with Gasteiger partial charge in [-0.1, -0.05) is 65.7 Å². The fourth-order valence-electron chi connectivity index (χ4n) is 3.62. The van der Waals surface area contributed by atoms with Crippen LogP contribution in [0.3, 0.4) is 0 Å². The SMILES string of the molecule is CC(C)C1CCCC(Nc2ccccc2C(C)(C)C)CC1. The van der Waals surface area contributed by atoms with Crippen molar-refractivity contribution in [1.29, 1.82) is 0 Å². The molecule has 0 saturated heterocycles. The van der Waals surface area contributed by atoms with Crippen LogP contribution >= 0.6 is 0 Å². The molecule has 2 rings (SSSR count). The summed E-state index contributed by atoms with van der Waals surface area (Å²) < 4.78 is 0. The minimum atomic E-state index is 0.203. The summed E-state index contributed by atoms with van der Waals surface area (Å²) in [6.45, 7) is 11.7. The summed E-state index contributed by atoms with van der Waals surface area (Å²) in [5.74, 6) is 1.76. The Bertz CT molecular complexity index is 441. The van der Waals surface area contributed by atoms with Crippen molar-refractivity contribution in [3.63, 3.8) is 0 Å². The van der Waals surface area contributed by atoms with E-state index < -0.39 is 0 Å². The third kappa shape index (κ3) is 4.49. The Labute approximate surface area is 131 Å². The molecule has 0 radical (unpaired) electrons. The quantitative estimate of drug-likeness (QED) is 0.672. The molecular weight excluding hydrogens is 254 g/mol. The first-order valence-electron chi connectivity index (χ1n) is 8.74. The molecule has 1 N–H and O–H groups in total.